The molecule has 0 saturated heterocycles. The van der Waals surface area contributed by atoms with Crippen molar-refractivity contribution in [2.75, 3.05) is 0 Å². The van der Waals surface area contributed by atoms with Crippen molar-refractivity contribution < 1.29 is 15.0 Å². The number of hydrogen-bond donors (Lipinski definition) is 2. The highest BCUT2D eigenvalue weighted by atomic mass is 127. The van der Waals surface area contributed by atoms with Gasteiger partial charge in [-0.2, -0.15) is 0 Å². The molecule has 2 N–H and O–H groups in total. The molecule has 0 aliphatic carbocycles. The number of aliphatic carboxylic acids is 1. The van der Waals surface area contributed by atoms with Gasteiger partial charge in [0.25, 0.3) is 0 Å². The minimum absolute atomic E-state index is 0.0863. The molecule has 12 heavy (non-hydrogen) atoms. The van der Waals surface area contributed by atoms with Gasteiger partial charge in [-0.25, -0.2) is 9.78 Å². The molecule has 4 nitrogen and oxygen atoms in total. The first-order valence-electron chi connectivity index (χ1n) is 3.10. The Morgan fingerprint density at radius 3 is 2.92 bits per heavy atom. The summed E-state index contributed by atoms with van der Waals surface area (Å²) in [5.74, 6) is -1.21. The summed E-state index contributed by atoms with van der Waals surface area (Å²) in [5.41, 5.74) is 0. The van der Waals surface area contributed by atoms with Gasteiger partial charge in [-0.15, -0.1) is 11.3 Å². The molecular formula is C6H6INO3S. The van der Waals surface area contributed by atoms with Gasteiger partial charge in [0, 0.05) is 6.42 Å². The van der Waals surface area contributed by atoms with Crippen molar-refractivity contribution >= 4 is 39.9 Å². The zero-order chi connectivity index (χ0) is 9.14. The normalized spacial score (nSPS) is 12.8. The number of thiazole rings is 1. The summed E-state index contributed by atoms with van der Waals surface area (Å²) < 4.78 is 0.986. The molecule has 1 unspecified atom stereocenters. The van der Waals surface area contributed by atoms with Crippen LogP contribution < -0.4 is 0 Å². The molecule has 1 heterocycles. The van der Waals surface area contributed by atoms with E-state index in [2.05, 4.69) is 27.6 Å². The van der Waals surface area contributed by atoms with E-state index < -0.39 is 12.1 Å². The van der Waals surface area contributed by atoms with Gasteiger partial charge in [0.15, 0.2) is 6.10 Å². The maximum atomic E-state index is 10.2. The lowest BCUT2D eigenvalue weighted by molar-refractivity contribution is -0.146. The quantitative estimate of drug-likeness (QED) is 0.808. The number of aromatic nitrogens is 1. The molecular weight excluding hydrogens is 293 g/mol. The largest absolute Gasteiger partial charge is 0.479 e. The predicted octanol–water partition coefficient (Wildman–Crippen LogP) is 0.736. The third-order valence-corrected chi connectivity index (χ3v) is 2.93. The van der Waals surface area contributed by atoms with E-state index in [0.717, 1.165) is 2.88 Å². The first-order chi connectivity index (χ1) is 5.59. The summed E-state index contributed by atoms with van der Waals surface area (Å²) in [7, 11) is 0. The van der Waals surface area contributed by atoms with E-state index in [9.17, 15) is 4.79 Å². The van der Waals surface area contributed by atoms with Gasteiger partial charge in [0.05, 0.1) is 14.1 Å². The van der Waals surface area contributed by atoms with E-state index >= 15 is 0 Å². The molecule has 0 aromatic carbocycles. The molecule has 0 saturated carbocycles. The minimum Gasteiger partial charge on any atom is -0.479 e. The molecule has 6 heteroatoms. The van der Waals surface area contributed by atoms with E-state index in [0.29, 0.717) is 5.01 Å². The van der Waals surface area contributed by atoms with Gasteiger partial charge in [-0.3, -0.25) is 0 Å². The Morgan fingerprint density at radius 1 is 1.83 bits per heavy atom. The fourth-order valence-electron chi connectivity index (χ4n) is 0.635. The fourth-order valence-corrected chi connectivity index (χ4v) is 2.21. The van der Waals surface area contributed by atoms with Crippen LogP contribution in [-0.4, -0.2) is 27.3 Å². The maximum Gasteiger partial charge on any atom is 0.332 e. The summed E-state index contributed by atoms with van der Waals surface area (Å²) in [5, 5.41) is 18.0. The van der Waals surface area contributed by atoms with Crippen LogP contribution in [-0.2, 0) is 11.2 Å². The average molecular weight is 299 g/mol. The van der Waals surface area contributed by atoms with Crippen LogP contribution in [0.25, 0.3) is 0 Å². The Bertz CT molecular complexity index is 288. The molecule has 1 atom stereocenters. The van der Waals surface area contributed by atoms with Crippen molar-refractivity contribution in [3.05, 3.63) is 14.1 Å². The number of aliphatic hydroxyl groups excluding tert-OH is 1. The van der Waals surface area contributed by atoms with E-state index in [1.807, 2.05) is 0 Å². The highest BCUT2D eigenvalue weighted by molar-refractivity contribution is 14.1. The van der Waals surface area contributed by atoms with Crippen molar-refractivity contribution in [2.45, 2.75) is 12.5 Å². The zero-order valence-corrected chi connectivity index (χ0v) is 8.87. The van der Waals surface area contributed by atoms with Crippen LogP contribution in [0.5, 0.6) is 0 Å². The van der Waals surface area contributed by atoms with E-state index in [-0.39, 0.29) is 6.42 Å². The van der Waals surface area contributed by atoms with Crippen molar-refractivity contribution in [2.24, 2.45) is 0 Å². The molecule has 1 rings (SSSR count). The molecule has 0 amide bonds. The lowest BCUT2D eigenvalue weighted by atomic mass is 10.3. The second-order valence-electron chi connectivity index (χ2n) is 2.12. The number of nitrogens with zero attached hydrogens (tertiary/aromatic N) is 1. The first kappa shape index (κ1) is 9.87. The lowest BCUT2D eigenvalue weighted by Crippen LogP contribution is -2.21. The standard InChI is InChI=1S/C6H6INO3S/c7-4-2-8-5(12-4)1-3(9)6(10)11/h2-3,9H,1H2,(H,10,11). The van der Waals surface area contributed by atoms with Crippen molar-refractivity contribution in [3.8, 4) is 0 Å². The van der Waals surface area contributed by atoms with Crippen LogP contribution in [0.15, 0.2) is 6.20 Å². The Hall–Kier alpha value is -0.210. The highest BCUT2D eigenvalue weighted by Crippen LogP contribution is 2.16. The molecule has 1 aromatic heterocycles. The molecule has 0 spiro atoms. The SMILES string of the molecule is O=C(O)C(O)Cc1ncc(I)s1. The Labute approximate surface area is 86.4 Å². The topological polar surface area (TPSA) is 70.4 Å². The van der Waals surface area contributed by atoms with Crippen LogP contribution in [0.2, 0.25) is 0 Å². The van der Waals surface area contributed by atoms with E-state index in [4.69, 9.17) is 10.2 Å². The van der Waals surface area contributed by atoms with Crippen molar-refractivity contribution in [1.82, 2.24) is 4.98 Å². The molecule has 0 bridgehead atoms. The molecule has 66 valence electrons. The Morgan fingerprint density at radius 2 is 2.50 bits per heavy atom. The minimum atomic E-state index is -1.34. The number of aliphatic hydroxyl groups is 1. The molecule has 0 radical (unpaired) electrons. The smallest absolute Gasteiger partial charge is 0.332 e. The van der Waals surface area contributed by atoms with Crippen molar-refractivity contribution in [3.63, 3.8) is 0 Å². The molecule has 0 aliphatic rings. The number of halogens is 1. The fraction of sp³-hybridized carbons (Fsp3) is 0.333. The summed E-state index contributed by atoms with van der Waals surface area (Å²) >= 11 is 3.48. The molecule has 0 aliphatic heterocycles. The second-order valence-corrected chi connectivity index (χ2v) is 5.13. The van der Waals surface area contributed by atoms with Gasteiger partial charge in [0.1, 0.15) is 0 Å². The van der Waals surface area contributed by atoms with Crippen LogP contribution in [0.3, 0.4) is 0 Å². The monoisotopic (exact) mass is 299 g/mol. The van der Waals surface area contributed by atoms with Gasteiger partial charge in [-0.05, 0) is 22.6 Å². The number of carboxylic acids is 1. The number of carbonyl (C=O) groups is 1. The lowest BCUT2D eigenvalue weighted by Gasteiger charge is -2.00. The second kappa shape index (κ2) is 4.15. The maximum absolute atomic E-state index is 10.2. The van der Waals surface area contributed by atoms with Crippen molar-refractivity contribution in [1.29, 1.82) is 0 Å². The number of carboxylic acid groups (broad SMARTS) is 1. The van der Waals surface area contributed by atoms with Gasteiger partial charge >= 0.3 is 5.97 Å². The summed E-state index contributed by atoms with van der Waals surface area (Å²) in [6.07, 6.45) is 0.393. The van der Waals surface area contributed by atoms with E-state index in [1.165, 1.54) is 11.3 Å². The summed E-state index contributed by atoms with van der Waals surface area (Å²) in [4.78, 5) is 14.2. The van der Waals surface area contributed by atoms with Crippen LogP contribution >= 0.6 is 33.9 Å². The predicted molar refractivity (Wildman–Crippen MR) is 52.2 cm³/mol. The van der Waals surface area contributed by atoms with E-state index in [1.54, 1.807) is 6.20 Å². The summed E-state index contributed by atoms with van der Waals surface area (Å²) in [6, 6.07) is 0. The van der Waals surface area contributed by atoms with Gasteiger partial charge in [0.2, 0.25) is 0 Å². The van der Waals surface area contributed by atoms with Gasteiger partial charge < -0.3 is 10.2 Å². The summed E-state index contributed by atoms with van der Waals surface area (Å²) in [6.45, 7) is 0. The number of hydrogen-bond acceptors (Lipinski definition) is 4. The first-order valence-corrected chi connectivity index (χ1v) is 5.00. The number of rotatable bonds is 3. The van der Waals surface area contributed by atoms with Gasteiger partial charge in [-0.1, -0.05) is 0 Å². The molecule has 1 aromatic rings. The Balaban J connectivity index is 2.58. The Kier molecular flexibility index (Phi) is 3.41. The van der Waals surface area contributed by atoms with Crippen LogP contribution in [0.4, 0.5) is 0 Å². The molecule has 0 fully saturated rings. The third kappa shape index (κ3) is 2.68. The third-order valence-electron chi connectivity index (χ3n) is 1.18. The van der Waals surface area contributed by atoms with Crippen LogP contribution in [0.1, 0.15) is 5.01 Å². The average Bonchev–Trinajstić information content (AvgIpc) is 2.35. The van der Waals surface area contributed by atoms with Crippen LogP contribution in [0, 0.1) is 2.88 Å². The zero-order valence-electron chi connectivity index (χ0n) is 5.90. The highest BCUT2D eigenvalue weighted by Gasteiger charge is 2.15.